The lowest BCUT2D eigenvalue weighted by Gasteiger charge is -2.36. The molecule has 0 unspecified atom stereocenters. The van der Waals surface area contributed by atoms with E-state index in [-0.39, 0.29) is 18.0 Å². The molecule has 11 nitrogen and oxygen atoms in total. The number of nitrogens with zero attached hydrogens (tertiary/aromatic N) is 5. The zero-order chi connectivity index (χ0) is 27.9. The van der Waals surface area contributed by atoms with E-state index >= 15 is 0 Å². The van der Waals surface area contributed by atoms with Crippen molar-refractivity contribution >= 4 is 29.5 Å². The van der Waals surface area contributed by atoms with Crippen LogP contribution in [0.3, 0.4) is 0 Å². The summed E-state index contributed by atoms with van der Waals surface area (Å²) in [6.07, 6.45) is 4.61. The van der Waals surface area contributed by atoms with E-state index in [1.54, 1.807) is 48.6 Å². The summed E-state index contributed by atoms with van der Waals surface area (Å²) in [6.45, 7) is 11.5. The predicted octanol–water partition coefficient (Wildman–Crippen LogP) is 3.06. The minimum atomic E-state index is -0.552. The Kier molecular flexibility index (Phi) is 9.27. The first-order valence-electron chi connectivity index (χ1n) is 12.7. The minimum absolute atomic E-state index is 0.0181. The fraction of sp³-hybridized carbons (Fsp3) is 0.444. The van der Waals surface area contributed by atoms with Crippen LogP contribution in [-0.4, -0.2) is 77.6 Å². The van der Waals surface area contributed by atoms with Crippen LogP contribution in [0.15, 0.2) is 47.7 Å². The van der Waals surface area contributed by atoms with E-state index in [2.05, 4.69) is 25.5 Å². The summed E-state index contributed by atoms with van der Waals surface area (Å²) in [7, 11) is 1.77. The zero-order valence-corrected chi connectivity index (χ0v) is 23.0. The van der Waals surface area contributed by atoms with Crippen molar-refractivity contribution in [2.45, 2.75) is 46.3 Å². The second-order valence-electron chi connectivity index (χ2n) is 10.2. The number of ether oxygens (including phenoxy) is 1. The fourth-order valence-corrected chi connectivity index (χ4v) is 3.72. The molecular formula is C27H38N8O3. The highest BCUT2D eigenvalue weighted by molar-refractivity contribution is 5.96. The fourth-order valence-electron chi connectivity index (χ4n) is 3.72. The normalized spacial score (nSPS) is 14.7. The second-order valence-corrected chi connectivity index (χ2v) is 10.2. The molecule has 4 N–H and O–H groups in total. The third kappa shape index (κ3) is 8.19. The number of anilines is 1. The van der Waals surface area contributed by atoms with Crippen molar-refractivity contribution in [2.75, 3.05) is 38.1 Å². The largest absolute Gasteiger partial charge is 0.444 e. The molecule has 1 aliphatic heterocycles. The van der Waals surface area contributed by atoms with Crippen LogP contribution in [0, 0.1) is 0 Å². The summed E-state index contributed by atoms with van der Waals surface area (Å²) in [4.78, 5) is 42.7. The van der Waals surface area contributed by atoms with Gasteiger partial charge in [-0.2, -0.15) is 0 Å². The minimum Gasteiger partial charge on any atom is -0.444 e. The molecule has 0 radical (unpaired) electrons. The van der Waals surface area contributed by atoms with Gasteiger partial charge in [0.05, 0.1) is 5.69 Å². The summed E-state index contributed by atoms with van der Waals surface area (Å²) < 4.78 is 5.51. The van der Waals surface area contributed by atoms with Crippen LogP contribution in [0.1, 0.15) is 45.0 Å². The number of aromatic nitrogens is 2. The second kappa shape index (κ2) is 12.4. The number of nitrogens with two attached hydrogens (primary N) is 1. The summed E-state index contributed by atoms with van der Waals surface area (Å²) in [5.41, 5.74) is 7.24. The van der Waals surface area contributed by atoms with Gasteiger partial charge in [0, 0.05) is 56.6 Å². The first-order chi connectivity index (χ1) is 17.9. The number of hydrogen-bond acceptors (Lipinski definition) is 8. The average molecular weight is 523 g/mol. The molecule has 0 aliphatic carbocycles. The monoisotopic (exact) mass is 522 g/mol. The van der Waals surface area contributed by atoms with Gasteiger partial charge in [-0.1, -0.05) is 0 Å². The van der Waals surface area contributed by atoms with E-state index in [9.17, 15) is 9.59 Å². The van der Waals surface area contributed by atoms with Crippen LogP contribution in [0.25, 0.3) is 11.3 Å². The molecule has 3 heterocycles. The molecule has 2 aromatic rings. The Bertz CT molecular complexity index is 1200. The quantitative estimate of drug-likeness (QED) is 0.373. The van der Waals surface area contributed by atoms with Crippen LogP contribution in [0.2, 0.25) is 0 Å². The van der Waals surface area contributed by atoms with Gasteiger partial charge in [-0.3, -0.25) is 4.79 Å². The number of nitrogens with one attached hydrogen (secondary N) is 2. The number of pyridine rings is 2. The van der Waals surface area contributed by atoms with Gasteiger partial charge in [0.25, 0.3) is 5.91 Å². The van der Waals surface area contributed by atoms with Gasteiger partial charge in [-0.25, -0.2) is 19.8 Å². The van der Waals surface area contributed by atoms with E-state index in [0.29, 0.717) is 54.9 Å². The predicted molar refractivity (Wildman–Crippen MR) is 150 cm³/mol. The molecule has 11 heteroatoms. The number of carbonyl (C=O) groups is 2. The third-order valence-corrected chi connectivity index (χ3v) is 5.45. The Labute approximate surface area is 224 Å². The summed E-state index contributed by atoms with van der Waals surface area (Å²) >= 11 is 0. The summed E-state index contributed by atoms with van der Waals surface area (Å²) in [6, 6.07) is 7.11. The molecule has 0 aromatic carbocycles. The van der Waals surface area contributed by atoms with Crippen molar-refractivity contribution in [1.82, 2.24) is 25.5 Å². The van der Waals surface area contributed by atoms with Crippen LogP contribution < -0.4 is 21.3 Å². The number of aliphatic imine (C=N–C) groups is 1. The smallest absolute Gasteiger partial charge is 0.410 e. The number of carbonyl (C=O) groups excluding carboxylic acids is 2. The van der Waals surface area contributed by atoms with Crippen LogP contribution in [0.5, 0.6) is 0 Å². The number of piperazine rings is 1. The molecule has 1 saturated heterocycles. The van der Waals surface area contributed by atoms with Crippen molar-refractivity contribution in [3.63, 3.8) is 0 Å². The van der Waals surface area contributed by atoms with E-state index in [4.69, 9.17) is 15.5 Å². The summed E-state index contributed by atoms with van der Waals surface area (Å²) in [5, 5.41) is 5.81. The van der Waals surface area contributed by atoms with Gasteiger partial charge < -0.3 is 30.9 Å². The SMILES string of the molecule is CN/C=C\C(N)=Nc1cc(-c2cc(C(=O)NC(C)C)cc(N3CCN(C(=O)OC(C)(C)C)CC3)n2)ccn1. The van der Waals surface area contributed by atoms with Gasteiger partial charge >= 0.3 is 6.09 Å². The maximum absolute atomic E-state index is 13.0. The topological polar surface area (TPSA) is 138 Å². The maximum Gasteiger partial charge on any atom is 0.410 e. The Morgan fingerprint density at radius 1 is 1.16 bits per heavy atom. The van der Waals surface area contributed by atoms with E-state index in [0.717, 1.165) is 5.56 Å². The molecule has 2 aromatic heterocycles. The van der Waals surface area contributed by atoms with Crippen LogP contribution in [-0.2, 0) is 4.74 Å². The van der Waals surface area contributed by atoms with Gasteiger partial charge in [0.15, 0.2) is 5.82 Å². The van der Waals surface area contributed by atoms with Crippen LogP contribution in [0.4, 0.5) is 16.4 Å². The average Bonchev–Trinajstić information content (AvgIpc) is 2.86. The third-order valence-electron chi connectivity index (χ3n) is 5.45. The van der Waals surface area contributed by atoms with Crippen LogP contribution >= 0.6 is 0 Å². The van der Waals surface area contributed by atoms with E-state index in [1.807, 2.05) is 40.7 Å². The molecule has 1 aliphatic rings. The molecule has 38 heavy (non-hydrogen) atoms. The van der Waals surface area contributed by atoms with E-state index in [1.165, 1.54) is 0 Å². The lowest BCUT2D eigenvalue weighted by atomic mass is 10.1. The Hall–Kier alpha value is -4.15. The molecule has 0 atom stereocenters. The molecule has 204 valence electrons. The Morgan fingerprint density at radius 3 is 2.50 bits per heavy atom. The van der Waals surface area contributed by atoms with Gasteiger partial charge in [0.2, 0.25) is 0 Å². The van der Waals surface area contributed by atoms with Gasteiger partial charge in [0.1, 0.15) is 17.3 Å². The molecular weight excluding hydrogens is 484 g/mol. The van der Waals surface area contributed by atoms with Crippen molar-refractivity contribution < 1.29 is 14.3 Å². The number of amides is 2. The number of rotatable bonds is 7. The van der Waals surface area contributed by atoms with E-state index < -0.39 is 5.60 Å². The maximum atomic E-state index is 13.0. The number of amidine groups is 1. The molecule has 1 fully saturated rings. The molecule has 0 bridgehead atoms. The van der Waals surface area contributed by atoms with Crippen molar-refractivity contribution in [1.29, 1.82) is 0 Å². The lowest BCUT2D eigenvalue weighted by molar-refractivity contribution is 0.0240. The highest BCUT2D eigenvalue weighted by atomic mass is 16.6. The highest BCUT2D eigenvalue weighted by Gasteiger charge is 2.27. The Morgan fingerprint density at radius 2 is 1.87 bits per heavy atom. The number of hydrogen-bond donors (Lipinski definition) is 3. The van der Waals surface area contributed by atoms with Crippen molar-refractivity contribution in [3.8, 4) is 11.3 Å². The lowest BCUT2D eigenvalue weighted by Crippen LogP contribution is -2.50. The zero-order valence-electron chi connectivity index (χ0n) is 23.0. The highest BCUT2D eigenvalue weighted by Crippen LogP contribution is 2.26. The first kappa shape index (κ1) is 28.4. The molecule has 0 spiro atoms. The standard InChI is InChI=1S/C27H38N8O3/c1-18(2)31-25(36)20-15-21(19-7-10-30-23(16-19)33-22(28)8-9-29-6)32-24(17-20)34-11-13-35(14-12-34)26(37)38-27(3,4)5/h7-10,15-18,29H,11-14H2,1-6H3,(H,31,36)(H2,28,30,33)/b9-8-. The molecule has 0 saturated carbocycles. The summed E-state index contributed by atoms with van der Waals surface area (Å²) in [5.74, 6) is 1.18. The van der Waals surface area contributed by atoms with Gasteiger partial charge in [-0.15, -0.1) is 0 Å². The Balaban J connectivity index is 1.91. The molecule has 2 amide bonds. The van der Waals surface area contributed by atoms with Gasteiger partial charge in [-0.05, 0) is 71.2 Å². The molecule has 3 rings (SSSR count). The van der Waals surface area contributed by atoms with Crippen molar-refractivity contribution in [3.05, 3.63) is 48.3 Å². The van der Waals surface area contributed by atoms with Crippen molar-refractivity contribution in [2.24, 2.45) is 10.7 Å². The first-order valence-corrected chi connectivity index (χ1v) is 12.7.